The quantitative estimate of drug-likeness (QED) is 0.789. The second-order valence-electron chi connectivity index (χ2n) is 5.27. The van der Waals surface area contributed by atoms with Crippen molar-refractivity contribution in [2.24, 2.45) is 0 Å². The lowest BCUT2D eigenvalue weighted by Gasteiger charge is -2.25. The molecule has 1 saturated heterocycles. The molecule has 0 spiro atoms. The molecule has 1 fully saturated rings. The third-order valence-corrected chi connectivity index (χ3v) is 4.55. The summed E-state index contributed by atoms with van der Waals surface area (Å²) in [5.74, 6) is -0.198. The molecule has 112 valence electrons. The molecular weight excluding hydrogens is 274 g/mol. The lowest BCUT2D eigenvalue weighted by Crippen LogP contribution is -2.30. The fourth-order valence-corrected chi connectivity index (χ4v) is 3.43. The molecule has 1 aliphatic heterocycles. The zero-order valence-corrected chi connectivity index (χ0v) is 13.3. The number of carbonyl (C=O) groups is 1. The molecule has 1 aromatic rings. The van der Waals surface area contributed by atoms with Gasteiger partial charge < -0.3 is 9.64 Å². The van der Waals surface area contributed by atoms with Crippen LogP contribution in [0, 0.1) is 0 Å². The zero-order valence-electron chi connectivity index (χ0n) is 12.5. The molecule has 2 rings (SSSR count). The van der Waals surface area contributed by atoms with Crippen LogP contribution in [-0.2, 0) is 16.0 Å². The Labute approximate surface area is 124 Å². The van der Waals surface area contributed by atoms with Gasteiger partial charge in [-0.15, -0.1) is 11.3 Å². The number of nitrogens with zero attached hydrogens (tertiary/aromatic N) is 3. The number of hydrogen-bond donors (Lipinski definition) is 0. The van der Waals surface area contributed by atoms with Gasteiger partial charge in [0.05, 0.1) is 24.8 Å². The topological polar surface area (TPSA) is 45.7 Å². The molecule has 5 nitrogen and oxygen atoms in total. The SMILES string of the molecule is CCOC(=O)Cc1csc(C2CN(C)CCCN2C)n1. The monoisotopic (exact) mass is 297 g/mol. The number of hydrogen-bond acceptors (Lipinski definition) is 6. The Hall–Kier alpha value is -0.980. The summed E-state index contributed by atoms with van der Waals surface area (Å²) in [6.45, 7) is 5.44. The number of ether oxygens (including phenoxy) is 1. The van der Waals surface area contributed by atoms with Crippen LogP contribution >= 0.6 is 11.3 Å². The maximum absolute atomic E-state index is 11.5. The van der Waals surface area contributed by atoms with Crippen molar-refractivity contribution in [2.45, 2.75) is 25.8 Å². The lowest BCUT2D eigenvalue weighted by atomic mass is 10.2. The fourth-order valence-electron chi connectivity index (χ4n) is 2.46. The van der Waals surface area contributed by atoms with E-state index in [-0.39, 0.29) is 12.4 Å². The third-order valence-electron chi connectivity index (χ3n) is 3.55. The molecule has 0 saturated carbocycles. The highest BCUT2D eigenvalue weighted by molar-refractivity contribution is 7.09. The van der Waals surface area contributed by atoms with Gasteiger partial charge in [0.1, 0.15) is 5.01 Å². The Morgan fingerprint density at radius 3 is 3.05 bits per heavy atom. The number of aromatic nitrogens is 1. The van der Waals surface area contributed by atoms with E-state index in [1.165, 1.54) is 6.42 Å². The van der Waals surface area contributed by atoms with Crippen molar-refractivity contribution in [3.8, 4) is 0 Å². The van der Waals surface area contributed by atoms with Crippen LogP contribution in [-0.4, -0.2) is 61.1 Å². The van der Waals surface area contributed by atoms with E-state index in [2.05, 4.69) is 28.9 Å². The molecule has 0 aliphatic carbocycles. The molecule has 2 heterocycles. The van der Waals surface area contributed by atoms with Crippen LogP contribution in [0.5, 0.6) is 0 Å². The molecular formula is C14H23N3O2S. The highest BCUT2D eigenvalue weighted by Gasteiger charge is 2.24. The average Bonchev–Trinajstić information content (AvgIpc) is 2.77. The first-order chi connectivity index (χ1) is 9.60. The van der Waals surface area contributed by atoms with Gasteiger partial charge in [-0.1, -0.05) is 0 Å². The molecule has 1 unspecified atom stereocenters. The van der Waals surface area contributed by atoms with Crippen LogP contribution in [0.1, 0.15) is 30.1 Å². The van der Waals surface area contributed by atoms with Crippen molar-refractivity contribution in [3.05, 3.63) is 16.1 Å². The van der Waals surface area contributed by atoms with Gasteiger partial charge in [-0.25, -0.2) is 4.98 Å². The summed E-state index contributed by atoms with van der Waals surface area (Å²) in [4.78, 5) is 20.8. The van der Waals surface area contributed by atoms with Crippen molar-refractivity contribution in [3.63, 3.8) is 0 Å². The first kappa shape index (κ1) is 15.4. The van der Waals surface area contributed by atoms with Crippen LogP contribution in [0.3, 0.4) is 0 Å². The van der Waals surface area contributed by atoms with E-state index in [4.69, 9.17) is 4.74 Å². The van der Waals surface area contributed by atoms with Gasteiger partial charge in [-0.2, -0.15) is 0 Å². The summed E-state index contributed by atoms with van der Waals surface area (Å²) < 4.78 is 4.97. The van der Waals surface area contributed by atoms with Crippen molar-refractivity contribution in [1.29, 1.82) is 0 Å². The maximum atomic E-state index is 11.5. The predicted octanol–water partition coefficient (Wildman–Crippen LogP) is 1.56. The summed E-state index contributed by atoms with van der Waals surface area (Å²) >= 11 is 1.64. The molecule has 0 amide bonds. The van der Waals surface area contributed by atoms with Gasteiger partial charge in [0.15, 0.2) is 0 Å². The van der Waals surface area contributed by atoms with Crippen LogP contribution in [0.15, 0.2) is 5.38 Å². The van der Waals surface area contributed by atoms with E-state index in [0.29, 0.717) is 12.6 Å². The number of rotatable bonds is 4. The Balaban J connectivity index is 2.04. The summed E-state index contributed by atoms with van der Waals surface area (Å²) in [7, 11) is 4.30. The van der Waals surface area contributed by atoms with Gasteiger partial charge in [-0.3, -0.25) is 9.69 Å². The first-order valence-corrected chi connectivity index (χ1v) is 7.96. The molecule has 1 aromatic heterocycles. The van der Waals surface area contributed by atoms with Crippen LogP contribution < -0.4 is 0 Å². The zero-order chi connectivity index (χ0) is 14.5. The third kappa shape index (κ3) is 4.01. The Morgan fingerprint density at radius 2 is 2.30 bits per heavy atom. The largest absolute Gasteiger partial charge is 0.466 e. The van der Waals surface area contributed by atoms with Gasteiger partial charge in [0, 0.05) is 11.9 Å². The molecule has 1 aliphatic rings. The van der Waals surface area contributed by atoms with E-state index in [9.17, 15) is 4.79 Å². The van der Waals surface area contributed by atoms with E-state index >= 15 is 0 Å². The number of thiazole rings is 1. The van der Waals surface area contributed by atoms with Crippen molar-refractivity contribution >= 4 is 17.3 Å². The minimum Gasteiger partial charge on any atom is -0.466 e. The number of likely N-dealkylation sites (N-methyl/N-ethyl adjacent to an activating group) is 2. The van der Waals surface area contributed by atoms with Crippen molar-refractivity contribution < 1.29 is 9.53 Å². The Bertz CT molecular complexity index is 449. The second kappa shape index (κ2) is 7.15. The highest BCUT2D eigenvalue weighted by atomic mass is 32.1. The van der Waals surface area contributed by atoms with Gasteiger partial charge in [0.25, 0.3) is 0 Å². The molecule has 0 bridgehead atoms. The summed E-state index contributed by atoms with van der Waals surface area (Å²) in [5, 5.41) is 3.07. The first-order valence-electron chi connectivity index (χ1n) is 7.09. The maximum Gasteiger partial charge on any atom is 0.311 e. The van der Waals surface area contributed by atoms with E-state index in [1.807, 2.05) is 12.3 Å². The van der Waals surface area contributed by atoms with Gasteiger partial charge in [-0.05, 0) is 40.5 Å². The number of esters is 1. The highest BCUT2D eigenvalue weighted by Crippen LogP contribution is 2.26. The summed E-state index contributed by atoms with van der Waals surface area (Å²) in [6, 6.07) is 0.323. The Morgan fingerprint density at radius 1 is 1.50 bits per heavy atom. The average molecular weight is 297 g/mol. The summed E-state index contributed by atoms with van der Waals surface area (Å²) in [6.07, 6.45) is 1.46. The minimum atomic E-state index is -0.198. The smallest absolute Gasteiger partial charge is 0.311 e. The van der Waals surface area contributed by atoms with E-state index < -0.39 is 0 Å². The van der Waals surface area contributed by atoms with Gasteiger partial charge in [0.2, 0.25) is 0 Å². The molecule has 6 heteroatoms. The molecule has 0 radical (unpaired) electrons. The van der Waals surface area contributed by atoms with Gasteiger partial charge >= 0.3 is 5.97 Å². The van der Waals surface area contributed by atoms with Crippen molar-refractivity contribution in [2.75, 3.05) is 40.3 Å². The van der Waals surface area contributed by atoms with Crippen LogP contribution in [0.25, 0.3) is 0 Å². The standard InChI is InChI=1S/C14H23N3O2S/c1-4-19-13(18)8-11-10-20-14(15-11)12-9-16(2)6-5-7-17(12)3/h10,12H,4-9H2,1-3H3. The summed E-state index contributed by atoms with van der Waals surface area (Å²) in [5.41, 5.74) is 0.823. The number of carbonyl (C=O) groups excluding carboxylic acids is 1. The van der Waals surface area contributed by atoms with E-state index in [1.54, 1.807) is 11.3 Å². The normalized spacial score (nSPS) is 21.6. The molecule has 0 aromatic carbocycles. The lowest BCUT2D eigenvalue weighted by molar-refractivity contribution is -0.142. The second-order valence-corrected chi connectivity index (χ2v) is 6.16. The van der Waals surface area contributed by atoms with E-state index in [0.717, 1.165) is 30.3 Å². The van der Waals surface area contributed by atoms with Crippen molar-refractivity contribution in [1.82, 2.24) is 14.8 Å². The molecule has 0 N–H and O–H groups in total. The minimum absolute atomic E-state index is 0.198. The molecule has 1 atom stereocenters. The van der Waals surface area contributed by atoms with Crippen LogP contribution in [0.2, 0.25) is 0 Å². The molecule has 20 heavy (non-hydrogen) atoms. The Kier molecular flexibility index (Phi) is 5.51. The fraction of sp³-hybridized carbons (Fsp3) is 0.714. The van der Waals surface area contributed by atoms with Crippen LogP contribution in [0.4, 0.5) is 0 Å². The predicted molar refractivity (Wildman–Crippen MR) is 79.9 cm³/mol.